The summed E-state index contributed by atoms with van der Waals surface area (Å²) in [5.41, 5.74) is -0.483. The van der Waals surface area contributed by atoms with Crippen LogP contribution in [0.5, 0.6) is 0 Å². The molecule has 27 heavy (non-hydrogen) atoms. The summed E-state index contributed by atoms with van der Waals surface area (Å²) in [6.45, 7) is 0. The highest BCUT2D eigenvalue weighted by Gasteiger charge is 2.34. The number of aromatic nitrogens is 4. The third-order valence-corrected chi connectivity index (χ3v) is 4.46. The lowest BCUT2D eigenvalue weighted by atomic mass is 10.1. The van der Waals surface area contributed by atoms with Crippen LogP contribution in [0.1, 0.15) is 15.9 Å². The summed E-state index contributed by atoms with van der Waals surface area (Å²) in [6.07, 6.45) is -0.236. The normalized spacial score (nSPS) is 11.7. The molecule has 0 aliphatic rings. The number of amides is 1. The highest BCUT2D eigenvalue weighted by molar-refractivity contribution is 7.13. The smallest absolute Gasteiger partial charge is 0.298 e. The minimum Gasteiger partial charge on any atom is -0.298 e. The predicted octanol–water partition coefficient (Wildman–Crippen LogP) is 4.12. The number of nitrogens with zero attached hydrogens (tertiary/aromatic N) is 4. The Bertz CT molecular complexity index is 1120. The summed E-state index contributed by atoms with van der Waals surface area (Å²) < 4.78 is 41.1. The number of hydrogen-bond donors (Lipinski definition) is 1. The number of alkyl halides is 3. The summed E-state index contributed by atoms with van der Waals surface area (Å²) in [6, 6.07) is 6.58. The summed E-state index contributed by atoms with van der Waals surface area (Å²) in [5, 5.41) is 8.78. The zero-order valence-corrected chi connectivity index (χ0v) is 14.3. The van der Waals surface area contributed by atoms with Gasteiger partial charge in [0, 0.05) is 23.3 Å². The second-order valence-electron chi connectivity index (χ2n) is 5.47. The first-order valence-electron chi connectivity index (χ1n) is 7.65. The Morgan fingerprint density at radius 2 is 1.96 bits per heavy atom. The molecular weight excluding hydrogens is 379 g/mol. The van der Waals surface area contributed by atoms with E-state index < -0.39 is 17.6 Å². The minimum absolute atomic E-state index is 0.0740. The number of carbonyl (C=O) groups excluding carboxylic acids is 1. The third kappa shape index (κ3) is 3.26. The van der Waals surface area contributed by atoms with Crippen LogP contribution in [0.3, 0.4) is 0 Å². The largest absolute Gasteiger partial charge is 0.417 e. The topological polar surface area (TPSA) is 72.2 Å². The van der Waals surface area contributed by atoms with Gasteiger partial charge >= 0.3 is 6.18 Å². The minimum atomic E-state index is -4.52. The van der Waals surface area contributed by atoms with Crippen molar-refractivity contribution in [1.29, 1.82) is 0 Å². The highest BCUT2D eigenvalue weighted by Crippen LogP contribution is 2.36. The van der Waals surface area contributed by atoms with Crippen LogP contribution in [0, 0.1) is 0 Å². The molecule has 3 heterocycles. The Morgan fingerprint density at radius 3 is 2.70 bits per heavy atom. The molecule has 0 bridgehead atoms. The Labute approximate surface area is 154 Å². The van der Waals surface area contributed by atoms with Crippen LogP contribution in [0.4, 0.5) is 18.3 Å². The van der Waals surface area contributed by atoms with E-state index >= 15 is 0 Å². The first kappa shape index (κ1) is 17.2. The second kappa shape index (κ2) is 6.47. The van der Waals surface area contributed by atoms with E-state index in [2.05, 4.69) is 20.4 Å². The molecule has 4 rings (SSSR count). The zero-order valence-electron chi connectivity index (χ0n) is 13.4. The molecule has 0 aliphatic carbocycles. The van der Waals surface area contributed by atoms with Gasteiger partial charge in [-0.2, -0.15) is 18.3 Å². The lowest BCUT2D eigenvalue weighted by Crippen LogP contribution is -2.13. The van der Waals surface area contributed by atoms with Crippen LogP contribution in [-0.4, -0.2) is 25.5 Å². The molecule has 4 aromatic rings. The van der Waals surface area contributed by atoms with Crippen molar-refractivity contribution >= 4 is 28.0 Å². The molecule has 0 saturated carbocycles. The van der Waals surface area contributed by atoms with E-state index in [1.54, 1.807) is 11.6 Å². The molecular formula is C17H10F3N5OS. The number of nitrogens with one attached hydrogen (secondary N) is 1. The molecule has 0 radical (unpaired) electrons. The van der Waals surface area contributed by atoms with E-state index in [0.717, 1.165) is 6.07 Å². The van der Waals surface area contributed by atoms with Gasteiger partial charge in [-0.3, -0.25) is 10.1 Å². The quantitative estimate of drug-likeness (QED) is 0.572. The SMILES string of the molecule is O=C(Nc1nccs1)c1ccnn2cc(-c3ccccc3C(F)(F)F)nc12. The molecule has 6 nitrogen and oxygen atoms in total. The molecule has 1 N–H and O–H groups in total. The number of anilines is 1. The average Bonchev–Trinajstić information content (AvgIpc) is 3.29. The van der Waals surface area contributed by atoms with Gasteiger partial charge in [-0.25, -0.2) is 14.5 Å². The van der Waals surface area contributed by atoms with Crippen molar-refractivity contribution in [3.8, 4) is 11.3 Å². The van der Waals surface area contributed by atoms with Crippen molar-refractivity contribution in [3.63, 3.8) is 0 Å². The van der Waals surface area contributed by atoms with Gasteiger partial charge in [-0.1, -0.05) is 18.2 Å². The van der Waals surface area contributed by atoms with E-state index in [0.29, 0.717) is 5.13 Å². The van der Waals surface area contributed by atoms with Crippen molar-refractivity contribution in [2.24, 2.45) is 0 Å². The monoisotopic (exact) mass is 389 g/mol. The molecule has 0 atom stereocenters. The van der Waals surface area contributed by atoms with Crippen molar-refractivity contribution in [1.82, 2.24) is 19.6 Å². The van der Waals surface area contributed by atoms with Crippen LogP contribution in [-0.2, 0) is 6.18 Å². The summed E-state index contributed by atoms with van der Waals surface area (Å²) in [7, 11) is 0. The standard InChI is InChI=1S/C17H10F3N5OS/c18-17(19,20)12-4-2-1-3-10(12)13-9-25-14(23-13)11(5-6-22-25)15(26)24-16-21-7-8-27-16/h1-9H,(H,21,24,26). The third-order valence-electron chi connectivity index (χ3n) is 3.77. The van der Waals surface area contributed by atoms with Gasteiger partial charge in [0.2, 0.25) is 0 Å². The van der Waals surface area contributed by atoms with Gasteiger partial charge in [-0.05, 0) is 12.1 Å². The molecule has 0 spiro atoms. The van der Waals surface area contributed by atoms with E-state index in [9.17, 15) is 18.0 Å². The Balaban J connectivity index is 1.79. The number of hydrogen-bond acceptors (Lipinski definition) is 5. The first-order chi connectivity index (χ1) is 12.9. The number of benzene rings is 1. The van der Waals surface area contributed by atoms with Crippen molar-refractivity contribution in [3.05, 3.63) is 65.4 Å². The van der Waals surface area contributed by atoms with Gasteiger partial charge < -0.3 is 0 Å². The van der Waals surface area contributed by atoms with Crippen LogP contribution in [0.2, 0.25) is 0 Å². The lowest BCUT2D eigenvalue weighted by molar-refractivity contribution is -0.137. The van der Waals surface area contributed by atoms with Crippen molar-refractivity contribution < 1.29 is 18.0 Å². The summed E-state index contributed by atoms with van der Waals surface area (Å²) in [4.78, 5) is 20.7. The maximum atomic E-state index is 13.3. The summed E-state index contributed by atoms with van der Waals surface area (Å²) in [5.74, 6) is -0.474. The average molecular weight is 389 g/mol. The molecule has 3 aromatic heterocycles. The number of thiazole rings is 1. The van der Waals surface area contributed by atoms with Crippen LogP contribution in [0.25, 0.3) is 16.9 Å². The number of halogens is 3. The zero-order chi connectivity index (χ0) is 19.0. The van der Waals surface area contributed by atoms with Gasteiger partial charge in [-0.15, -0.1) is 11.3 Å². The first-order valence-corrected chi connectivity index (χ1v) is 8.53. The fourth-order valence-electron chi connectivity index (χ4n) is 2.61. The number of carbonyl (C=O) groups is 1. The van der Waals surface area contributed by atoms with Gasteiger partial charge in [0.1, 0.15) is 0 Å². The molecule has 136 valence electrons. The Morgan fingerprint density at radius 1 is 1.15 bits per heavy atom. The molecule has 1 amide bonds. The Hall–Kier alpha value is -3.27. The number of fused-ring (bicyclic) bond motifs is 1. The Kier molecular flexibility index (Phi) is 4.11. The van der Waals surface area contributed by atoms with E-state index in [1.165, 1.54) is 52.5 Å². The molecule has 1 aromatic carbocycles. The number of rotatable bonds is 3. The maximum Gasteiger partial charge on any atom is 0.417 e. The second-order valence-corrected chi connectivity index (χ2v) is 6.37. The van der Waals surface area contributed by atoms with Crippen LogP contribution < -0.4 is 5.32 Å². The van der Waals surface area contributed by atoms with Gasteiger partial charge in [0.15, 0.2) is 10.8 Å². The van der Waals surface area contributed by atoms with E-state index in [4.69, 9.17) is 0 Å². The molecule has 0 aliphatic heterocycles. The highest BCUT2D eigenvalue weighted by atomic mass is 32.1. The van der Waals surface area contributed by atoms with Crippen molar-refractivity contribution in [2.45, 2.75) is 6.18 Å². The summed E-state index contributed by atoms with van der Waals surface area (Å²) >= 11 is 1.25. The van der Waals surface area contributed by atoms with E-state index in [-0.39, 0.29) is 22.5 Å². The van der Waals surface area contributed by atoms with Gasteiger partial charge in [0.25, 0.3) is 5.91 Å². The molecule has 0 saturated heterocycles. The fourth-order valence-corrected chi connectivity index (χ4v) is 3.13. The molecule has 0 unspecified atom stereocenters. The maximum absolute atomic E-state index is 13.3. The van der Waals surface area contributed by atoms with Crippen molar-refractivity contribution in [2.75, 3.05) is 5.32 Å². The van der Waals surface area contributed by atoms with E-state index in [1.807, 2.05) is 0 Å². The van der Waals surface area contributed by atoms with Gasteiger partial charge in [0.05, 0.1) is 23.0 Å². The van der Waals surface area contributed by atoms with Crippen LogP contribution in [0.15, 0.2) is 54.3 Å². The molecule has 0 fully saturated rings. The fraction of sp³-hybridized carbons (Fsp3) is 0.0588. The lowest BCUT2D eigenvalue weighted by Gasteiger charge is -2.10. The molecule has 10 heteroatoms. The van der Waals surface area contributed by atoms with Crippen LogP contribution >= 0.6 is 11.3 Å². The number of imidazole rings is 1. The predicted molar refractivity (Wildman–Crippen MR) is 93.5 cm³/mol.